The first-order valence-electron chi connectivity index (χ1n) is 5.09. The van der Waals surface area contributed by atoms with Gasteiger partial charge in [0.25, 0.3) is 5.69 Å². The van der Waals surface area contributed by atoms with Crippen molar-refractivity contribution in [3.63, 3.8) is 0 Å². The normalized spacial score (nSPS) is 13.4. The number of nitro groups is 1. The third-order valence-corrected chi connectivity index (χ3v) is 2.46. The minimum absolute atomic E-state index is 0.0739. The van der Waals surface area contributed by atoms with Crippen molar-refractivity contribution in [3.05, 3.63) is 39.4 Å². The SMILES string of the molecule is COC(=O)C(O)C(O)c1ccc(C=O)c([N+](=O)[O-])c1. The molecule has 0 saturated carbocycles. The average Bonchev–Trinajstić information content (AvgIpc) is 2.43. The summed E-state index contributed by atoms with van der Waals surface area (Å²) in [7, 11) is 1.02. The second-order valence-electron chi connectivity index (χ2n) is 3.61. The number of hydrogen-bond donors (Lipinski definition) is 2. The molecule has 0 fully saturated rings. The van der Waals surface area contributed by atoms with Crippen LogP contribution in [0.2, 0.25) is 0 Å². The molecule has 2 atom stereocenters. The van der Waals surface area contributed by atoms with Crippen molar-refractivity contribution in [2.45, 2.75) is 12.2 Å². The van der Waals surface area contributed by atoms with Crippen LogP contribution in [0.15, 0.2) is 18.2 Å². The smallest absolute Gasteiger partial charge is 0.337 e. The van der Waals surface area contributed by atoms with Crippen molar-refractivity contribution in [2.75, 3.05) is 7.11 Å². The monoisotopic (exact) mass is 269 g/mol. The van der Waals surface area contributed by atoms with Gasteiger partial charge < -0.3 is 14.9 Å². The molecule has 0 aliphatic heterocycles. The predicted octanol–water partition coefficient (Wildman–Crippen LogP) is -0.0254. The van der Waals surface area contributed by atoms with Gasteiger partial charge in [0, 0.05) is 6.07 Å². The van der Waals surface area contributed by atoms with Crippen LogP contribution >= 0.6 is 0 Å². The van der Waals surface area contributed by atoms with Crippen molar-refractivity contribution in [1.29, 1.82) is 0 Å². The van der Waals surface area contributed by atoms with E-state index >= 15 is 0 Å². The van der Waals surface area contributed by atoms with Crippen LogP contribution in [0.3, 0.4) is 0 Å². The van der Waals surface area contributed by atoms with E-state index in [2.05, 4.69) is 4.74 Å². The molecular formula is C11H11NO7. The first-order chi connectivity index (χ1) is 8.92. The lowest BCUT2D eigenvalue weighted by Crippen LogP contribution is -2.29. The van der Waals surface area contributed by atoms with Crippen molar-refractivity contribution < 1.29 is 29.5 Å². The first-order valence-corrected chi connectivity index (χ1v) is 5.09. The zero-order valence-electron chi connectivity index (χ0n) is 9.85. The van der Waals surface area contributed by atoms with Crippen LogP contribution in [0.25, 0.3) is 0 Å². The molecule has 0 amide bonds. The number of carbonyl (C=O) groups is 2. The summed E-state index contributed by atoms with van der Waals surface area (Å²) in [6.07, 6.45) is -3.26. The van der Waals surface area contributed by atoms with Crippen LogP contribution < -0.4 is 0 Å². The number of nitrogens with zero attached hydrogens (tertiary/aromatic N) is 1. The van der Waals surface area contributed by atoms with E-state index in [-0.39, 0.29) is 11.1 Å². The second-order valence-corrected chi connectivity index (χ2v) is 3.61. The molecule has 0 aliphatic carbocycles. The van der Waals surface area contributed by atoms with Crippen molar-refractivity contribution in [3.8, 4) is 0 Å². The summed E-state index contributed by atoms with van der Waals surface area (Å²) in [5.41, 5.74) is -0.771. The summed E-state index contributed by atoms with van der Waals surface area (Å²) in [5.74, 6) is -1.07. The molecule has 0 saturated heterocycles. The summed E-state index contributed by atoms with van der Waals surface area (Å²) in [4.78, 5) is 31.6. The lowest BCUT2D eigenvalue weighted by Gasteiger charge is -2.15. The lowest BCUT2D eigenvalue weighted by molar-refractivity contribution is -0.385. The number of carbonyl (C=O) groups excluding carboxylic acids is 2. The maximum atomic E-state index is 11.0. The van der Waals surface area contributed by atoms with E-state index in [9.17, 15) is 29.9 Å². The molecule has 1 aromatic rings. The van der Waals surface area contributed by atoms with E-state index in [0.717, 1.165) is 19.2 Å². The molecule has 0 aromatic heterocycles. The molecule has 2 unspecified atom stereocenters. The number of hydrogen-bond acceptors (Lipinski definition) is 7. The Morgan fingerprint density at radius 2 is 2.11 bits per heavy atom. The van der Waals surface area contributed by atoms with Crippen LogP contribution in [-0.4, -0.2) is 40.6 Å². The van der Waals surface area contributed by atoms with Gasteiger partial charge in [-0.05, 0) is 11.6 Å². The van der Waals surface area contributed by atoms with E-state index in [1.54, 1.807) is 0 Å². The molecule has 1 rings (SSSR count). The summed E-state index contributed by atoms with van der Waals surface area (Å²) < 4.78 is 4.24. The molecule has 0 heterocycles. The Kier molecular flexibility index (Phi) is 4.67. The largest absolute Gasteiger partial charge is 0.467 e. The predicted molar refractivity (Wildman–Crippen MR) is 61.5 cm³/mol. The quantitative estimate of drug-likeness (QED) is 0.332. The highest BCUT2D eigenvalue weighted by Gasteiger charge is 2.28. The molecule has 2 N–H and O–H groups in total. The Hall–Kier alpha value is -2.32. The number of ether oxygens (including phenoxy) is 1. The number of esters is 1. The fourth-order valence-electron chi connectivity index (χ4n) is 1.43. The standard InChI is InChI=1S/C11H11NO7/c1-19-11(16)10(15)9(14)6-2-3-7(5-13)8(4-6)12(17)18/h2-5,9-10,14-15H,1H3. The van der Waals surface area contributed by atoms with Crippen LogP contribution in [0.5, 0.6) is 0 Å². The first kappa shape index (κ1) is 14.7. The minimum Gasteiger partial charge on any atom is -0.467 e. The molecular weight excluding hydrogens is 258 g/mol. The van der Waals surface area contributed by atoms with Crippen LogP contribution in [0, 0.1) is 10.1 Å². The van der Waals surface area contributed by atoms with Gasteiger partial charge in [-0.15, -0.1) is 0 Å². The Morgan fingerprint density at radius 3 is 2.58 bits per heavy atom. The maximum Gasteiger partial charge on any atom is 0.337 e. The summed E-state index contributed by atoms with van der Waals surface area (Å²) >= 11 is 0. The molecule has 0 spiro atoms. The minimum atomic E-state index is -1.87. The summed E-state index contributed by atoms with van der Waals surface area (Å²) in [6, 6.07) is 3.24. The Labute approximate surface area is 107 Å². The highest BCUT2D eigenvalue weighted by atomic mass is 16.6. The van der Waals surface area contributed by atoms with E-state index < -0.39 is 28.8 Å². The second kappa shape index (κ2) is 6.03. The van der Waals surface area contributed by atoms with Crippen LogP contribution in [0.4, 0.5) is 5.69 Å². The number of rotatable bonds is 5. The number of aldehydes is 1. The number of aliphatic hydroxyl groups excluding tert-OH is 2. The molecule has 8 heteroatoms. The van der Waals surface area contributed by atoms with E-state index in [4.69, 9.17) is 0 Å². The molecule has 102 valence electrons. The summed E-state index contributed by atoms with van der Waals surface area (Å²) in [5, 5.41) is 29.9. The van der Waals surface area contributed by atoms with Crippen LogP contribution in [-0.2, 0) is 9.53 Å². The third-order valence-electron chi connectivity index (χ3n) is 2.46. The Balaban J connectivity index is 3.15. The zero-order valence-corrected chi connectivity index (χ0v) is 9.85. The van der Waals surface area contributed by atoms with Gasteiger partial charge >= 0.3 is 5.97 Å². The third kappa shape index (κ3) is 3.12. The zero-order chi connectivity index (χ0) is 14.6. The number of aliphatic hydroxyl groups is 2. The molecule has 1 aromatic carbocycles. The van der Waals surface area contributed by atoms with E-state index in [0.29, 0.717) is 6.29 Å². The highest BCUT2D eigenvalue weighted by Crippen LogP contribution is 2.25. The molecule has 0 radical (unpaired) electrons. The fourth-order valence-corrected chi connectivity index (χ4v) is 1.43. The van der Waals surface area contributed by atoms with Crippen molar-refractivity contribution in [2.24, 2.45) is 0 Å². The van der Waals surface area contributed by atoms with Crippen LogP contribution in [0.1, 0.15) is 22.0 Å². The van der Waals surface area contributed by atoms with E-state index in [1.807, 2.05) is 0 Å². The Bertz CT molecular complexity index is 514. The van der Waals surface area contributed by atoms with Gasteiger partial charge in [0.1, 0.15) is 6.10 Å². The van der Waals surface area contributed by atoms with Gasteiger partial charge in [0.15, 0.2) is 12.4 Å². The van der Waals surface area contributed by atoms with E-state index in [1.165, 1.54) is 6.07 Å². The van der Waals surface area contributed by atoms with Crippen molar-refractivity contribution in [1.82, 2.24) is 0 Å². The summed E-state index contributed by atoms with van der Waals surface area (Å²) in [6.45, 7) is 0. The number of methoxy groups -OCH3 is 1. The Morgan fingerprint density at radius 1 is 1.47 bits per heavy atom. The van der Waals surface area contributed by atoms with Gasteiger partial charge in [-0.25, -0.2) is 4.79 Å². The lowest BCUT2D eigenvalue weighted by atomic mass is 10.0. The van der Waals surface area contributed by atoms with Gasteiger partial charge in [-0.3, -0.25) is 14.9 Å². The van der Waals surface area contributed by atoms with Gasteiger partial charge in [0.05, 0.1) is 17.6 Å². The average molecular weight is 269 g/mol. The maximum absolute atomic E-state index is 11.0. The van der Waals surface area contributed by atoms with Gasteiger partial charge in [0.2, 0.25) is 0 Å². The molecule has 0 aliphatic rings. The van der Waals surface area contributed by atoms with Gasteiger partial charge in [-0.1, -0.05) is 6.07 Å². The van der Waals surface area contributed by atoms with Gasteiger partial charge in [-0.2, -0.15) is 0 Å². The topological polar surface area (TPSA) is 127 Å². The number of nitro benzene ring substituents is 1. The number of benzene rings is 1. The molecule has 8 nitrogen and oxygen atoms in total. The molecule has 0 bridgehead atoms. The van der Waals surface area contributed by atoms with Crippen molar-refractivity contribution >= 4 is 17.9 Å². The molecule has 19 heavy (non-hydrogen) atoms. The highest BCUT2D eigenvalue weighted by molar-refractivity contribution is 5.81. The fraction of sp³-hybridized carbons (Fsp3) is 0.273.